The number of likely N-dealkylation sites (N-methyl/N-ethyl adjacent to an activating group) is 1. The fourth-order valence-corrected chi connectivity index (χ4v) is 2.95. The van der Waals surface area contributed by atoms with Crippen LogP contribution in [0.25, 0.3) is 0 Å². The van der Waals surface area contributed by atoms with Crippen molar-refractivity contribution in [3.63, 3.8) is 0 Å². The molecule has 120 valence electrons. The number of aliphatic hydroxyl groups excluding tert-OH is 1. The highest BCUT2D eigenvalue weighted by molar-refractivity contribution is 4.86. The van der Waals surface area contributed by atoms with Crippen molar-refractivity contribution in [2.75, 3.05) is 46.4 Å². The molecule has 2 atom stereocenters. The molecular formula is C16H35N3O. The van der Waals surface area contributed by atoms with Crippen molar-refractivity contribution in [3.05, 3.63) is 0 Å². The lowest BCUT2D eigenvalue weighted by Gasteiger charge is -2.35. The summed E-state index contributed by atoms with van der Waals surface area (Å²) < 4.78 is 0. The number of aliphatic hydroxyl groups is 1. The van der Waals surface area contributed by atoms with Crippen molar-refractivity contribution in [3.8, 4) is 0 Å². The Labute approximate surface area is 125 Å². The molecule has 0 spiro atoms. The highest BCUT2D eigenvalue weighted by atomic mass is 16.3. The van der Waals surface area contributed by atoms with E-state index in [0.717, 1.165) is 25.9 Å². The average molecular weight is 285 g/mol. The SMILES string of the molecule is CCCNC(C)(CO)CC(C)N(C)CCN1CCCC1. The van der Waals surface area contributed by atoms with Crippen LogP contribution < -0.4 is 5.32 Å². The van der Waals surface area contributed by atoms with Crippen LogP contribution in [-0.2, 0) is 0 Å². The summed E-state index contributed by atoms with van der Waals surface area (Å²) in [6.45, 7) is 12.6. The molecule has 0 saturated carbocycles. The third-order valence-electron chi connectivity index (χ3n) is 4.62. The minimum Gasteiger partial charge on any atom is -0.394 e. The molecule has 1 aliphatic rings. The van der Waals surface area contributed by atoms with Crippen LogP contribution in [0.3, 0.4) is 0 Å². The van der Waals surface area contributed by atoms with Gasteiger partial charge in [0.1, 0.15) is 0 Å². The lowest BCUT2D eigenvalue weighted by Crippen LogP contribution is -2.51. The van der Waals surface area contributed by atoms with E-state index in [1.807, 2.05) is 0 Å². The normalized spacial score (nSPS) is 21.3. The van der Waals surface area contributed by atoms with Gasteiger partial charge in [-0.05, 0) is 66.2 Å². The van der Waals surface area contributed by atoms with Gasteiger partial charge in [-0.25, -0.2) is 0 Å². The standard InChI is InChI=1S/C16H35N3O/c1-5-8-17-16(3,14-20)13-15(2)18(4)11-12-19-9-6-7-10-19/h15,17,20H,5-14H2,1-4H3. The van der Waals surface area contributed by atoms with Gasteiger partial charge in [0.15, 0.2) is 0 Å². The molecule has 20 heavy (non-hydrogen) atoms. The molecule has 0 aromatic carbocycles. The van der Waals surface area contributed by atoms with Crippen molar-refractivity contribution in [1.82, 2.24) is 15.1 Å². The molecule has 2 N–H and O–H groups in total. The van der Waals surface area contributed by atoms with E-state index < -0.39 is 0 Å². The fourth-order valence-electron chi connectivity index (χ4n) is 2.95. The number of hydrogen-bond acceptors (Lipinski definition) is 4. The minimum atomic E-state index is -0.155. The molecule has 1 heterocycles. The third-order valence-corrected chi connectivity index (χ3v) is 4.62. The molecule has 1 saturated heterocycles. The Hall–Kier alpha value is -0.160. The lowest BCUT2D eigenvalue weighted by molar-refractivity contribution is 0.121. The molecule has 0 amide bonds. The van der Waals surface area contributed by atoms with Gasteiger partial charge in [0.25, 0.3) is 0 Å². The van der Waals surface area contributed by atoms with Crippen LogP contribution in [-0.4, -0.2) is 72.9 Å². The van der Waals surface area contributed by atoms with Crippen molar-refractivity contribution in [1.29, 1.82) is 0 Å². The van der Waals surface area contributed by atoms with E-state index in [2.05, 4.69) is 42.9 Å². The maximum atomic E-state index is 9.66. The van der Waals surface area contributed by atoms with Gasteiger partial charge in [0.2, 0.25) is 0 Å². The van der Waals surface area contributed by atoms with Crippen molar-refractivity contribution < 1.29 is 5.11 Å². The Morgan fingerprint density at radius 2 is 2.00 bits per heavy atom. The van der Waals surface area contributed by atoms with Gasteiger partial charge in [0.05, 0.1) is 6.61 Å². The van der Waals surface area contributed by atoms with Crippen LogP contribution in [0.15, 0.2) is 0 Å². The zero-order valence-electron chi connectivity index (χ0n) is 14.0. The van der Waals surface area contributed by atoms with Gasteiger partial charge in [0, 0.05) is 24.7 Å². The molecule has 0 radical (unpaired) electrons. The Morgan fingerprint density at radius 1 is 1.35 bits per heavy atom. The Morgan fingerprint density at radius 3 is 2.55 bits per heavy atom. The average Bonchev–Trinajstić information content (AvgIpc) is 2.95. The number of rotatable bonds is 10. The first-order valence-electron chi connectivity index (χ1n) is 8.29. The molecule has 1 rings (SSSR count). The summed E-state index contributed by atoms with van der Waals surface area (Å²) in [5.41, 5.74) is -0.155. The monoisotopic (exact) mass is 285 g/mol. The Kier molecular flexibility index (Phi) is 8.03. The molecule has 0 aromatic heterocycles. The maximum Gasteiger partial charge on any atom is 0.0611 e. The topological polar surface area (TPSA) is 38.7 Å². The van der Waals surface area contributed by atoms with E-state index in [1.54, 1.807) is 0 Å². The van der Waals surface area contributed by atoms with E-state index in [9.17, 15) is 5.11 Å². The lowest BCUT2D eigenvalue weighted by atomic mass is 9.93. The molecule has 4 heteroatoms. The molecule has 1 aliphatic heterocycles. The highest BCUT2D eigenvalue weighted by Gasteiger charge is 2.26. The number of hydrogen-bond donors (Lipinski definition) is 2. The second-order valence-corrected chi connectivity index (χ2v) is 6.73. The van der Waals surface area contributed by atoms with Gasteiger partial charge < -0.3 is 20.2 Å². The molecule has 2 unspecified atom stereocenters. The summed E-state index contributed by atoms with van der Waals surface area (Å²) in [4.78, 5) is 4.99. The summed E-state index contributed by atoms with van der Waals surface area (Å²) in [6, 6.07) is 0.485. The van der Waals surface area contributed by atoms with Crippen molar-refractivity contribution in [2.24, 2.45) is 0 Å². The van der Waals surface area contributed by atoms with Crippen molar-refractivity contribution >= 4 is 0 Å². The fraction of sp³-hybridized carbons (Fsp3) is 1.00. The minimum absolute atomic E-state index is 0.155. The number of likely N-dealkylation sites (tertiary alicyclic amines) is 1. The van der Waals surface area contributed by atoms with Crippen LogP contribution in [0.2, 0.25) is 0 Å². The predicted octanol–water partition coefficient (Wildman–Crippen LogP) is 1.54. The van der Waals surface area contributed by atoms with Gasteiger partial charge in [-0.15, -0.1) is 0 Å². The first kappa shape index (κ1) is 17.9. The Balaban J connectivity index is 2.32. The summed E-state index contributed by atoms with van der Waals surface area (Å²) in [5, 5.41) is 13.1. The summed E-state index contributed by atoms with van der Waals surface area (Å²) in [5.74, 6) is 0. The molecular weight excluding hydrogens is 250 g/mol. The second kappa shape index (κ2) is 8.98. The van der Waals surface area contributed by atoms with Crippen LogP contribution in [0, 0.1) is 0 Å². The quantitative estimate of drug-likeness (QED) is 0.639. The molecule has 1 fully saturated rings. The smallest absolute Gasteiger partial charge is 0.0611 e. The first-order valence-corrected chi connectivity index (χ1v) is 8.29. The zero-order chi connectivity index (χ0) is 15.0. The van der Waals surface area contributed by atoms with E-state index in [4.69, 9.17) is 0 Å². The largest absolute Gasteiger partial charge is 0.394 e. The molecule has 4 nitrogen and oxygen atoms in total. The van der Waals surface area contributed by atoms with Crippen molar-refractivity contribution in [2.45, 2.75) is 58.0 Å². The predicted molar refractivity (Wildman–Crippen MR) is 86.2 cm³/mol. The molecule has 0 aliphatic carbocycles. The van der Waals surface area contributed by atoms with E-state index in [0.29, 0.717) is 6.04 Å². The zero-order valence-corrected chi connectivity index (χ0v) is 14.0. The summed E-state index contributed by atoms with van der Waals surface area (Å²) in [7, 11) is 2.21. The van der Waals surface area contributed by atoms with Crippen LogP contribution in [0.5, 0.6) is 0 Å². The Bertz CT molecular complexity index is 256. The first-order chi connectivity index (χ1) is 9.50. The molecule has 0 bridgehead atoms. The van der Waals surface area contributed by atoms with Gasteiger partial charge >= 0.3 is 0 Å². The number of nitrogens with one attached hydrogen (secondary N) is 1. The van der Waals surface area contributed by atoms with Crippen LogP contribution in [0.4, 0.5) is 0 Å². The van der Waals surface area contributed by atoms with Gasteiger partial charge in [-0.2, -0.15) is 0 Å². The molecule has 0 aromatic rings. The summed E-state index contributed by atoms with van der Waals surface area (Å²) in [6.07, 6.45) is 4.82. The van der Waals surface area contributed by atoms with Crippen LogP contribution >= 0.6 is 0 Å². The van der Waals surface area contributed by atoms with E-state index in [1.165, 1.54) is 32.5 Å². The second-order valence-electron chi connectivity index (χ2n) is 6.73. The third kappa shape index (κ3) is 6.08. The van der Waals surface area contributed by atoms with Gasteiger partial charge in [-0.3, -0.25) is 0 Å². The van der Waals surface area contributed by atoms with Gasteiger partial charge in [-0.1, -0.05) is 6.92 Å². The number of nitrogens with zero attached hydrogens (tertiary/aromatic N) is 2. The van der Waals surface area contributed by atoms with Crippen LogP contribution in [0.1, 0.15) is 46.5 Å². The van der Waals surface area contributed by atoms with E-state index >= 15 is 0 Å². The highest BCUT2D eigenvalue weighted by Crippen LogP contribution is 2.16. The maximum absolute atomic E-state index is 9.66. The summed E-state index contributed by atoms with van der Waals surface area (Å²) >= 11 is 0. The van der Waals surface area contributed by atoms with E-state index in [-0.39, 0.29) is 12.1 Å².